The van der Waals surface area contributed by atoms with Crippen molar-refractivity contribution in [2.45, 2.75) is 4.90 Å². The van der Waals surface area contributed by atoms with E-state index in [-0.39, 0.29) is 11.3 Å². The molecule has 3 N–H and O–H groups in total. The van der Waals surface area contributed by atoms with Gasteiger partial charge in [-0.3, -0.25) is 25.2 Å². The highest BCUT2D eigenvalue weighted by Gasteiger charge is 2.17. The van der Waals surface area contributed by atoms with Gasteiger partial charge in [0.15, 0.2) is 11.6 Å². The Balaban J connectivity index is 1.63. The number of sulfonamides is 1. The van der Waals surface area contributed by atoms with Crippen LogP contribution in [-0.4, -0.2) is 20.2 Å². The van der Waals surface area contributed by atoms with Crippen LogP contribution in [0.15, 0.2) is 77.7 Å². The fourth-order valence-corrected chi connectivity index (χ4v) is 3.47. The van der Waals surface area contributed by atoms with E-state index >= 15 is 0 Å². The molecule has 3 rings (SSSR count). The maximum absolute atomic E-state index is 13.3. The standard InChI is InChI=1S/C20H15F2N3O4S/c21-17-11-10-16(12-18(17)22)30(28,29)25-15-8-6-14(7-9-15)20(27)24-23-19(26)13-4-2-1-3-5-13/h1-12,25H,(H,23,26)(H,24,27). The predicted octanol–water partition coefficient (Wildman–Crippen LogP) is 2.84. The Morgan fingerprint density at radius 2 is 1.27 bits per heavy atom. The van der Waals surface area contributed by atoms with Gasteiger partial charge in [-0.15, -0.1) is 0 Å². The molecule has 0 unspecified atom stereocenters. The van der Waals surface area contributed by atoms with E-state index in [1.165, 1.54) is 24.3 Å². The molecule has 3 aromatic rings. The van der Waals surface area contributed by atoms with Gasteiger partial charge in [-0.25, -0.2) is 17.2 Å². The summed E-state index contributed by atoms with van der Waals surface area (Å²) in [7, 11) is -4.15. The zero-order valence-electron chi connectivity index (χ0n) is 15.2. The second-order valence-corrected chi connectivity index (χ2v) is 7.72. The molecule has 0 aliphatic heterocycles. The highest BCUT2D eigenvalue weighted by molar-refractivity contribution is 7.92. The third kappa shape index (κ3) is 4.97. The van der Waals surface area contributed by atoms with E-state index in [2.05, 4.69) is 15.6 Å². The molecule has 0 bridgehead atoms. The van der Waals surface area contributed by atoms with Gasteiger partial charge in [0.1, 0.15) is 0 Å². The molecule has 10 heteroatoms. The molecule has 0 saturated carbocycles. The Kier molecular flexibility index (Phi) is 6.07. The van der Waals surface area contributed by atoms with E-state index in [9.17, 15) is 26.8 Å². The Hall–Kier alpha value is -3.79. The van der Waals surface area contributed by atoms with Gasteiger partial charge in [0, 0.05) is 16.8 Å². The summed E-state index contributed by atoms with van der Waals surface area (Å²) >= 11 is 0. The monoisotopic (exact) mass is 431 g/mol. The van der Waals surface area contributed by atoms with Crippen LogP contribution in [0.2, 0.25) is 0 Å². The van der Waals surface area contributed by atoms with Crippen molar-refractivity contribution in [2.24, 2.45) is 0 Å². The van der Waals surface area contributed by atoms with E-state index in [0.29, 0.717) is 17.7 Å². The molecule has 30 heavy (non-hydrogen) atoms. The SMILES string of the molecule is O=C(NNC(=O)c1ccc(NS(=O)(=O)c2ccc(F)c(F)c2)cc1)c1ccccc1. The first-order chi connectivity index (χ1) is 14.3. The van der Waals surface area contributed by atoms with Crippen LogP contribution in [0.4, 0.5) is 14.5 Å². The minimum absolute atomic E-state index is 0.101. The second kappa shape index (κ2) is 8.70. The van der Waals surface area contributed by atoms with Crippen LogP contribution in [0.5, 0.6) is 0 Å². The number of carbonyl (C=O) groups excluding carboxylic acids is 2. The summed E-state index contributed by atoms with van der Waals surface area (Å²) in [5.41, 5.74) is 5.13. The maximum Gasteiger partial charge on any atom is 0.269 e. The average Bonchev–Trinajstić information content (AvgIpc) is 2.74. The Morgan fingerprint density at radius 1 is 0.700 bits per heavy atom. The lowest BCUT2D eigenvalue weighted by atomic mass is 10.2. The van der Waals surface area contributed by atoms with Crippen LogP contribution in [0.3, 0.4) is 0 Å². The smallest absolute Gasteiger partial charge is 0.269 e. The van der Waals surface area contributed by atoms with Crippen molar-refractivity contribution in [1.82, 2.24) is 10.9 Å². The van der Waals surface area contributed by atoms with E-state index in [4.69, 9.17) is 0 Å². The minimum Gasteiger partial charge on any atom is -0.280 e. The Morgan fingerprint density at radius 3 is 1.83 bits per heavy atom. The quantitative estimate of drug-likeness (QED) is 0.541. The highest BCUT2D eigenvalue weighted by atomic mass is 32.2. The van der Waals surface area contributed by atoms with Crippen LogP contribution in [0.25, 0.3) is 0 Å². The van der Waals surface area contributed by atoms with Crippen LogP contribution < -0.4 is 15.6 Å². The van der Waals surface area contributed by atoms with Crippen molar-refractivity contribution in [3.05, 3.63) is 95.6 Å². The fourth-order valence-electron chi connectivity index (χ4n) is 2.40. The summed E-state index contributed by atoms with van der Waals surface area (Å²) in [6.07, 6.45) is 0. The lowest BCUT2D eigenvalue weighted by Crippen LogP contribution is -2.41. The number of benzene rings is 3. The molecule has 0 spiro atoms. The summed E-state index contributed by atoms with van der Waals surface area (Å²) in [6.45, 7) is 0. The number of anilines is 1. The van der Waals surface area contributed by atoms with E-state index < -0.39 is 38.4 Å². The van der Waals surface area contributed by atoms with Crippen molar-refractivity contribution < 1.29 is 26.8 Å². The number of halogens is 2. The summed E-state index contributed by atoms with van der Waals surface area (Å²) in [6, 6.07) is 15.7. The van der Waals surface area contributed by atoms with E-state index in [0.717, 1.165) is 6.07 Å². The predicted molar refractivity (Wildman–Crippen MR) is 105 cm³/mol. The van der Waals surface area contributed by atoms with Gasteiger partial charge in [-0.05, 0) is 54.6 Å². The van der Waals surface area contributed by atoms with Crippen molar-refractivity contribution >= 4 is 27.5 Å². The number of carbonyl (C=O) groups is 2. The van der Waals surface area contributed by atoms with Crippen LogP contribution in [0.1, 0.15) is 20.7 Å². The van der Waals surface area contributed by atoms with Crippen LogP contribution in [-0.2, 0) is 10.0 Å². The fraction of sp³-hybridized carbons (Fsp3) is 0. The minimum atomic E-state index is -4.15. The molecule has 3 aromatic carbocycles. The lowest BCUT2D eigenvalue weighted by molar-refractivity contribution is 0.0846. The third-order valence-corrected chi connectivity index (χ3v) is 5.31. The number of hydrazine groups is 1. The molecule has 0 atom stereocenters. The lowest BCUT2D eigenvalue weighted by Gasteiger charge is -2.10. The first-order valence-electron chi connectivity index (χ1n) is 8.50. The van der Waals surface area contributed by atoms with Crippen molar-refractivity contribution in [3.8, 4) is 0 Å². The normalized spacial score (nSPS) is 10.9. The molecule has 0 fully saturated rings. The third-order valence-electron chi connectivity index (χ3n) is 3.93. The van der Waals surface area contributed by atoms with Gasteiger partial charge >= 0.3 is 0 Å². The summed E-state index contributed by atoms with van der Waals surface area (Å²) < 4.78 is 53.0. The molecule has 0 aliphatic carbocycles. The molecule has 0 aliphatic rings. The molecular formula is C20H15F2N3O4S. The number of hydrogen-bond donors (Lipinski definition) is 3. The average molecular weight is 431 g/mol. The number of hydrogen-bond acceptors (Lipinski definition) is 4. The van der Waals surface area contributed by atoms with E-state index in [1.54, 1.807) is 30.3 Å². The van der Waals surface area contributed by atoms with Crippen molar-refractivity contribution in [3.63, 3.8) is 0 Å². The van der Waals surface area contributed by atoms with Gasteiger partial charge in [-0.2, -0.15) is 0 Å². The molecule has 0 radical (unpaired) electrons. The second-order valence-electron chi connectivity index (χ2n) is 6.03. The molecule has 0 heterocycles. The van der Waals surface area contributed by atoms with Gasteiger partial charge in [0.05, 0.1) is 4.90 Å². The first-order valence-corrected chi connectivity index (χ1v) is 9.98. The van der Waals surface area contributed by atoms with E-state index in [1.807, 2.05) is 0 Å². The first kappa shape index (κ1) is 20.9. The number of rotatable bonds is 5. The molecule has 154 valence electrons. The molecular weight excluding hydrogens is 416 g/mol. The van der Waals surface area contributed by atoms with Gasteiger partial charge in [0.2, 0.25) is 0 Å². The molecule has 0 saturated heterocycles. The highest BCUT2D eigenvalue weighted by Crippen LogP contribution is 2.18. The molecule has 2 amide bonds. The zero-order chi connectivity index (χ0) is 21.7. The van der Waals surface area contributed by atoms with Crippen LogP contribution >= 0.6 is 0 Å². The molecule has 7 nitrogen and oxygen atoms in total. The topological polar surface area (TPSA) is 104 Å². The molecule has 0 aromatic heterocycles. The summed E-state index contributed by atoms with van der Waals surface area (Å²) in [4.78, 5) is 23.6. The Labute approximate surface area is 170 Å². The van der Waals surface area contributed by atoms with Gasteiger partial charge in [0.25, 0.3) is 21.8 Å². The van der Waals surface area contributed by atoms with Crippen molar-refractivity contribution in [2.75, 3.05) is 4.72 Å². The zero-order valence-corrected chi connectivity index (χ0v) is 16.0. The van der Waals surface area contributed by atoms with Crippen molar-refractivity contribution in [1.29, 1.82) is 0 Å². The summed E-state index contributed by atoms with van der Waals surface area (Å²) in [5, 5.41) is 0. The summed E-state index contributed by atoms with van der Waals surface area (Å²) in [5.74, 6) is -3.57. The van der Waals surface area contributed by atoms with Gasteiger partial charge in [-0.1, -0.05) is 18.2 Å². The van der Waals surface area contributed by atoms with Crippen LogP contribution in [0, 0.1) is 11.6 Å². The largest absolute Gasteiger partial charge is 0.280 e. The van der Waals surface area contributed by atoms with Gasteiger partial charge < -0.3 is 0 Å². The number of amides is 2. The maximum atomic E-state index is 13.3. The number of nitrogens with one attached hydrogen (secondary N) is 3. The Bertz CT molecular complexity index is 1180.